The number of benzene rings is 1. The summed E-state index contributed by atoms with van der Waals surface area (Å²) in [5, 5.41) is 4.96. The first-order valence-electron chi connectivity index (χ1n) is 5.46. The fraction of sp³-hybridized carbons (Fsp3) is 0.500. The summed E-state index contributed by atoms with van der Waals surface area (Å²) in [4.78, 5) is 0. The Kier molecular flexibility index (Phi) is 1.85. The van der Waals surface area contributed by atoms with E-state index in [-0.39, 0.29) is 0 Å². The Balaban J connectivity index is 1.81. The Morgan fingerprint density at radius 2 is 1.57 bits per heavy atom. The third kappa shape index (κ3) is 1.26. The molecule has 1 aromatic carbocycles. The first-order valence-corrected chi connectivity index (χ1v) is 5.46. The van der Waals surface area contributed by atoms with Gasteiger partial charge in [-0.25, -0.2) is 10.0 Å². The van der Waals surface area contributed by atoms with Crippen LogP contribution in [0.5, 0.6) is 0 Å². The molecule has 0 N–H and O–H groups in total. The van der Waals surface area contributed by atoms with Crippen LogP contribution in [0.2, 0.25) is 0 Å². The molecule has 2 atom stereocenters. The van der Waals surface area contributed by atoms with Crippen molar-refractivity contribution in [2.24, 2.45) is 0 Å². The number of hydrogen-bond donors (Lipinski definition) is 0. The molecule has 74 valence electrons. The van der Waals surface area contributed by atoms with Gasteiger partial charge in [-0.1, -0.05) is 29.8 Å². The second-order valence-electron chi connectivity index (χ2n) is 4.32. The molecule has 3 rings (SSSR count). The van der Waals surface area contributed by atoms with Crippen molar-refractivity contribution in [3.05, 3.63) is 35.4 Å². The van der Waals surface area contributed by atoms with Gasteiger partial charge in [0.15, 0.2) is 0 Å². The van der Waals surface area contributed by atoms with Gasteiger partial charge in [-0.15, -0.1) is 0 Å². The molecule has 0 aliphatic carbocycles. The second-order valence-corrected chi connectivity index (χ2v) is 4.32. The van der Waals surface area contributed by atoms with Crippen LogP contribution in [0.15, 0.2) is 24.3 Å². The lowest BCUT2D eigenvalue weighted by atomic mass is 10.1. The fourth-order valence-corrected chi connectivity index (χ4v) is 2.38. The summed E-state index contributed by atoms with van der Waals surface area (Å²) in [7, 11) is 0. The van der Waals surface area contributed by atoms with Crippen molar-refractivity contribution >= 4 is 0 Å². The minimum atomic E-state index is 0.595. The molecule has 1 aromatic rings. The van der Waals surface area contributed by atoms with Gasteiger partial charge in [0.2, 0.25) is 0 Å². The second kappa shape index (κ2) is 3.07. The van der Waals surface area contributed by atoms with E-state index < -0.39 is 0 Å². The third-order valence-electron chi connectivity index (χ3n) is 3.24. The standard InChI is InChI=1S/C12H16N2/c1-10-4-6-11(7-5-10)12-13-8-2-3-9-14(12)13/h4-7,12H,2-3,8-9H2,1H3. The van der Waals surface area contributed by atoms with Crippen molar-refractivity contribution in [2.45, 2.75) is 25.9 Å². The van der Waals surface area contributed by atoms with Crippen molar-refractivity contribution in [1.82, 2.24) is 10.0 Å². The molecule has 0 saturated carbocycles. The molecule has 2 heteroatoms. The van der Waals surface area contributed by atoms with Gasteiger partial charge in [0, 0.05) is 13.1 Å². The van der Waals surface area contributed by atoms with Crippen LogP contribution >= 0.6 is 0 Å². The predicted octanol–water partition coefficient (Wildman–Crippen LogP) is 2.32. The monoisotopic (exact) mass is 188 g/mol. The molecule has 2 fully saturated rings. The van der Waals surface area contributed by atoms with Crippen LogP contribution in [0, 0.1) is 6.92 Å². The number of nitrogens with zero attached hydrogens (tertiary/aromatic N) is 2. The molecule has 0 aromatic heterocycles. The van der Waals surface area contributed by atoms with E-state index in [0.29, 0.717) is 6.17 Å². The normalized spacial score (nSPS) is 35.1. The van der Waals surface area contributed by atoms with Crippen molar-refractivity contribution in [3.63, 3.8) is 0 Å². The highest BCUT2D eigenvalue weighted by atomic mass is 15.9. The Labute approximate surface area is 85.1 Å². The van der Waals surface area contributed by atoms with Crippen molar-refractivity contribution in [2.75, 3.05) is 13.1 Å². The summed E-state index contributed by atoms with van der Waals surface area (Å²) >= 11 is 0. The van der Waals surface area contributed by atoms with E-state index in [9.17, 15) is 0 Å². The van der Waals surface area contributed by atoms with Crippen molar-refractivity contribution < 1.29 is 0 Å². The zero-order valence-electron chi connectivity index (χ0n) is 8.61. The van der Waals surface area contributed by atoms with Crippen molar-refractivity contribution in [3.8, 4) is 0 Å². The Morgan fingerprint density at radius 3 is 2.14 bits per heavy atom. The quantitative estimate of drug-likeness (QED) is 0.624. The zero-order valence-corrected chi connectivity index (χ0v) is 8.61. The minimum Gasteiger partial charge on any atom is -0.217 e. The number of rotatable bonds is 1. The third-order valence-corrected chi connectivity index (χ3v) is 3.24. The summed E-state index contributed by atoms with van der Waals surface area (Å²) in [5.74, 6) is 0. The SMILES string of the molecule is Cc1ccc(C2N3CCCCN23)cc1. The lowest BCUT2D eigenvalue weighted by Gasteiger charge is -2.09. The summed E-state index contributed by atoms with van der Waals surface area (Å²) in [5.41, 5.74) is 2.81. The molecule has 2 nitrogen and oxygen atoms in total. The fourth-order valence-electron chi connectivity index (χ4n) is 2.38. The van der Waals surface area contributed by atoms with Gasteiger partial charge in [-0.3, -0.25) is 0 Å². The van der Waals surface area contributed by atoms with Crippen LogP contribution in [-0.2, 0) is 0 Å². The summed E-state index contributed by atoms with van der Waals surface area (Å²) in [6.45, 7) is 4.64. The first-order chi connectivity index (χ1) is 6.86. The molecule has 0 amide bonds. The molecule has 14 heavy (non-hydrogen) atoms. The van der Waals surface area contributed by atoms with E-state index in [1.165, 1.54) is 37.1 Å². The van der Waals surface area contributed by atoms with Crippen LogP contribution in [0.4, 0.5) is 0 Å². The summed E-state index contributed by atoms with van der Waals surface area (Å²) in [6, 6.07) is 8.94. The topological polar surface area (TPSA) is 6.02 Å². The van der Waals surface area contributed by atoms with E-state index in [0.717, 1.165) is 0 Å². The van der Waals surface area contributed by atoms with Gasteiger partial charge in [0.05, 0.1) is 0 Å². The maximum absolute atomic E-state index is 2.48. The molecule has 2 aliphatic rings. The molecule has 0 spiro atoms. The van der Waals surface area contributed by atoms with E-state index in [2.05, 4.69) is 41.2 Å². The Bertz CT molecular complexity index is 319. The number of aryl methyl sites for hydroxylation is 1. The maximum atomic E-state index is 2.48. The van der Waals surface area contributed by atoms with Crippen LogP contribution < -0.4 is 0 Å². The lowest BCUT2D eigenvalue weighted by Crippen LogP contribution is -2.16. The molecule has 2 unspecified atom stereocenters. The molecule has 0 bridgehead atoms. The van der Waals surface area contributed by atoms with Gasteiger partial charge >= 0.3 is 0 Å². The molecular weight excluding hydrogens is 172 g/mol. The minimum absolute atomic E-state index is 0.595. The number of hydrogen-bond acceptors (Lipinski definition) is 2. The predicted molar refractivity (Wildman–Crippen MR) is 56.6 cm³/mol. The molecular formula is C12H16N2. The highest BCUT2D eigenvalue weighted by Gasteiger charge is 2.46. The van der Waals surface area contributed by atoms with E-state index in [4.69, 9.17) is 0 Å². The lowest BCUT2D eigenvalue weighted by molar-refractivity contribution is 0.252. The maximum Gasteiger partial charge on any atom is 0.115 e. The number of hydrazine groups is 1. The van der Waals surface area contributed by atoms with Crippen molar-refractivity contribution in [1.29, 1.82) is 0 Å². The van der Waals surface area contributed by atoms with E-state index in [1.807, 2.05) is 0 Å². The molecule has 2 heterocycles. The van der Waals surface area contributed by atoms with E-state index in [1.54, 1.807) is 0 Å². The Hall–Kier alpha value is -0.860. The molecule has 2 saturated heterocycles. The van der Waals surface area contributed by atoms with Gasteiger partial charge in [0.25, 0.3) is 0 Å². The van der Waals surface area contributed by atoms with Crippen LogP contribution in [0.3, 0.4) is 0 Å². The smallest absolute Gasteiger partial charge is 0.115 e. The van der Waals surface area contributed by atoms with Gasteiger partial charge in [-0.05, 0) is 25.3 Å². The van der Waals surface area contributed by atoms with Gasteiger partial charge in [-0.2, -0.15) is 0 Å². The van der Waals surface area contributed by atoms with Gasteiger partial charge in [0.1, 0.15) is 6.17 Å². The average Bonchev–Trinajstić information content (AvgIpc) is 2.93. The molecule has 2 aliphatic heterocycles. The average molecular weight is 188 g/mol. The zero-order chi connectivity index (χ0) is 9.54. The van der Waals surface area contributed by atoms with Crippen LogP contribution in [0.1, 0.15) is 30.1 Å². The van der Waals surface area contributed by atoms with Crippen LogP contribution in [0.25, 0.3) is 0 Å². The first kappa shape index (κ1) is 8.45. The molecule has 0 radical (unpaired) electrons. The largest absolute Gasteiger partial charge is 0.217 e. The van der Waals surface area contributed by atoms with E-state index >= 15 is 0 Å². The highest BCUT2D eigenvalue weighted by Crippen LogP contribution is 2.43. The number of fused-ring (bicyclic) bond motifs is 1. The van der Waals surface area contributed by atoms with Gasteiger partial charge < -0.3 is 0 Å². The summed E-state index contributed by atoms with van der Waals surface area (Å²) < 4.78 is 0. The summed E-state index contributed by atoms with van der Waals surface area (Å²) in [6.07, 6.45) is 3.32. The highest BCUT2D eigenvalue weighted by molar-refractivity contribution is 5.26. The Morgan fingerprint density at radius 1 is 1.00 bits per heavy atom. The van der Waals surface area contributed by atoms with Crippen LogP contribution in [-0.4, -0.2) is 23.1 Å².